The van der Waals surface area contributed by atoms with Crippen LogP contribution in [0.5, 0.6) is 0 Å². The topological polar surface area (TPSA) is 194 Å². The van der Waals surface area contributed by atoms with Crippen molar-refractivity contribution in [3.8, 4) is 0 Å². The van der Waals surface area contributed by atoms with E-state index in [1.165, 1.54) is 14.0 Å². The zero-order chi connectivity index (χ0) is 36.5. The summed E-state index contributed by atoms with van der Waals surface area (Å²) in [4.78, 5) is 14.0. The molecule has 0 unspecified atom stereocenters. The summed E-state index contributed by atoms with van der Waals surface area (Å²) in [5, 5.41) is 68.1. The summed E-state index contributed by atoms with van der Waals surface area (Å²) in [7, 11) is 1.48. The molecule has 0 amide bonds. The molecule has 3 aliphatic heterocycles. The Morgan fingerprint density at radius 1 is 0.875 bits per heavy atom. The minimum atomic E-state index is -1.93. The molecule has 0 radical (unpaired) electrons. The molecule has 18 atom stereocenters. The lowest BCUT2D eigenvalue weighted by atomic mass is 9.73. The molecule has 3 heterocycles. The van der Waals surface area contributed by atoms with Crippen LogP contribution in [0, 0.1) is 23.7 Å². The van der Waals surface area contributed by atoms with Crippen LogP contribution >= 0.6 is 0 Å². The van der Waals surface area contributed by atoms with Gasteiger partial charge in [-0.2, -0.15) is 0 Å². The molecule has 2 saturated heterocycles. The molecule has 6 N–H and O–H groups in total. The second kappa shape index (κ2) is 16.0. The van der Waals surface area contributed by atoms with E-state index in [-0.39, 0.29) is 19.3 Å². The van der Waals surface area contributed by atoms with Crippen LogP contribution in [-0.4, -0.2) is 128 Å². The van der Waals surface area contributed by atoms with E-state index in [1.54, 1.807) is 74.5 Å². The van der Waals surface area contributed by atoms with Gasteiger partial charge >= 0.3 is 5.97 Å². The molecule has 0 aromatic carbocycles. The Bertz CT molecular complexity index is 1080. The number of ether oxygens (including phenoxy) is 6. The van der Waals surface area contributed by atoms with Gasteiger partial charge in [-0.1, -0.05) is 39.8 Å². The number of esters is 1. The van der Waals surface area contributed by atoms with Crippen LogP contribution in [0.2, 0.25) is 0 Å². The van der Waals surface area contributed by atoms with Crippen LogP contribution in [0.15, 0.2) is 12.2 Å². The van der Waals surface area contributed by atoms with Crippen molar-refractivity contribution >= 4 is 5.97 Å². The Morgan fingerprint density at radius 3 is 2.08 bits per heavy atom. The van der Waals surface area contributed by atoms with E-state index in [1.807, 2.05) is 0 Å². The fraction of sp³-hybridized carbons (Fsp3) is 0.914. The third-order valence-corrected chi connectivity index (χ3v) is 11.0. The molecular formula is C35H62O13. The van der Waals surface area contributed by atoms with Crippen LogP contribution < -0.4 is 0 Å². The van der Waals surface area contributed by atoms with E-state index in [0.29, 0.717) is 0 Å². The SMILES string of the molecule is CC[C@H]1OC(=O)[C@H](C)[C@@H](O[C@H]2C[C@@](C)(OC)[C@@H](O)[C@H](C)O2)[C@H](C)[C@@H](O[C@@H]2O[C@H](C)C=C[C@H]2O)[C@](C)(O)C[C@@H](C)[C@H](O)[C@H](C)[C@@H](O)[C@]1(C)O. The van der Waals surface area contributed by atoms with Crippen molar-refractivity contribution in [3.63, 3.8) is 0 Å². The molecule has 2 fully saturated rings. The van der Waals surface area contributed by atoms with Gasteiger partial charge in [0.05, 0.1) is 53.7 Å². The Morgan fingerprint density at radius 2 is 1.50 bits per heavy atom. The molecule has 3 aliphatic rings. The molecule has 0 spiro atoms. The quantitative estimate of drug-likeness (QED) is 0.175. The fourth-order valence-corrected chi connectivity index (χ4v) is 7.75. The summed E-state index contributed by atoms with van der Waals surface area (Å²) in [5.74, 6) is -4.09. The number of cyclic esters (lactones) is 1. The lowest BCUT2D eigenvalue weighted by Crippen LogP contribution is -2.60. The molecule has 0 aliphatic carbocycles. The first-order valence-corrected chi connectivity index (χ1v) is 17.3. The maximum absolute atomic E-state index is 14.0. The number of carbonyl (C=O) groups is 1. The minimum Gasteiger partial charge on any atom is -0.459 e. The molecule has 0 aromatic rings. The summed E-state index contributed by atoms with van der Waals surface area (Å²) in [6.07, 6.45) is -7.91. The molecule has 13 heteroatoms. The van der Waals surface area contributed by atoms with Crippen molar-refractivity contribution in [1.29, 1.82) is 0 Å². The highest BCUT2D eigenvalue weighted by atomic mass is 16.7. The normalized spacial score (nSPS) is 51.6. The average Bonchev–Trinajstić information content (AvgIpc) is 3.02. The molecule has 280 valence electrons. The summed E-state index contributed by atoms with van der Waals surface area (Å²) in [5.41, 5.74) is -4.69. The zero-order valence-electron chi connectivity index (χ0n) is 30.5. The van der Waals surface area contributed by atoms with Crippen LogP contribution in [-0.2, 0) is 33.2 Å². The van der Waals surface area contributed by atoms with Gasteiger partial charge in [-0.05, 0) is 60.3 Å². The van der Waals surface area contributed by atoms with E-state index in [2.05, 4.69) is 0 Å². The molecule has 13 nitrogen and oxygen atoms in total. The van der Waals surface area contributed by atoms with E-state index < -0.39 is 114 Å². The van der Waals surface area contributed by atoms with Gasteiger partial charge in [0.2, 0.25) is 0 Å². The van der Waals surface area contributed by atoms with Gasteiger partial charge in [0, 0.05) is 25.4 Å². The van der Waals surface area contributed by atoms with Crippen molar-refractivity contribution in [2.75, 3.05) is 7.11 Å². The zero-order valence-corrected chi connectivity index (χ0v) is 30.5. The molecule has 48 heavy (non-hydrogen) atoms. The second-order valence-electron chi connectivity index (χ2n) is 15.2. The van der Waals surface area contributed by atoms with Crippen molar-refractivity contribution in [3.05, 3.63) is 12.2 Å². The molecule has 0 aromatic heterocycles. The second-order valence-corrected chi connectivity index (χ2v) is 15.2. The van der Waals surface area contributed by atoms with Gasteiger partial charge in [-0.3, -0.25) is 4.79 Å². The van der Waals surface area contributed by atoms with Gasteiger partial charge in [0.15, 0.2) is 12.6 Å². The number of carbonyl (C=O) groups excluding carboxylic acids is 1. The van der Waals surface area contributed by atoms with E-state index >= 15 is 0 Å². The monoisotopic (exact) mass is 690 g/mol. The predicted molar refractivity (Wildman–Crippen MR) is 174 cm³/mol. The van der Waals surface area contributed by atoms with Gasteiger partial charge in [0.1, 0.15) is 23.9 Å². The fourth-order valence-electron chi connectivity index (χ4n) is 7.75. The number of hydrogen-bond acceptors (Lipinski definition) is 13. The predicted octanol–water partition coefficient (Wildman–Crippen LogP) is 1.81. The van der Waals surface area contributed by atoms with Crippen molar-refractivity contribution in [2.45, 2.75) is 173 Å². The molecule has 3 rings (SSSR count). The average molecular weight is 691 g/mol. The molecule has 0 saturated carbocycles. The van der Waals surface area contributed by atoms with Gasteiger partial charge < -0.3 is 59.1 Å². The maximum Gasteiger partial charge on any atom is 0.311 e. The highest BCUT2D eigenvalue weighted by molar-refractivity contribution is 5.73. The van der Waals surface area contributed by atoms with Gasteiger partial charge in [-0.25, -0.2) is 0 Å². The van der Waals surface area contributed by atoms with Crippen molar-refractivity contribution in [1.82, 2.24) is 0 Å². The lowest BCUT2D eigenvalue weighted by Gasteiger charge is -2.48. The van der Waals surface area contributed by atoms with E-state index in [9.17, 15) is 35.4 Å². The Balaban J connectivity index is 2.15. The lowest BCUT2D eigenvalue weighted by molar-refractivity contribution is -0.309. The van der Waals surface area contributed by atoms with Crippen LogP contribution in [0.4, 0.5) is 0 Å². The first-order valence-electron chi connectivity index (χ1n) is 17.3. The van der Waals surface area contributed by atoms with Gasteiger partial charge in [0.25, 0.3) is 0 Å². The first kappa shape index (κ1) is 41.2. The van der Waals surface area contributed by atoms with Crippen molar-refractivity contribution in [2.24, 2.45) is 23.7 Å². The third kappa shape index (κ3) is 8.79. The highest BCUT2D eigenvalue weighted by Crippen LogP contribution is 2.40. The van der Waals surface area contributed by atoms with Crippen LogP contribution in [0.3, 0.4) is 0 Å². The number of methoxy groups -OCH3 is 1. The maximum atomic E-state index is 14.0. The molecule has 0 bridgehead atoms. The number of aliphatic hydroxyl groups excluding tert-OH is 4. The molecular weight excluding hydrogens is 628 g/mol. The smallest absolute Gasteiger partial charge is 0.311 e. The van der Waals surface area contributed by atoms with Crippen LogP contribution in [0.1, 0.15) is 88.5 Å². The standard InChI is InChI=1S/C35H62O13/c1-12-24-35(10,42)28(38)19(4)26(37)17(2)15-33(8,41)30(48-32-23(36)14-13-18(3)44-32)20(5)27(21(6)31(40)46-24)47-25-16-34(9,43-11)29(39)22(7)45-25/h13-14,17-30,32,36-39,41-42H,12,15-16H2,1-11H3/t17-,18-,19+,20+,21-,22+,23-,24-,25+,26+,27+,28-,29+,30-,32+,33-,34-,35-/m1/s1. The first-order chi connectivity index (χ1) is 22.1. The summed E-state index contributed by atoms with van der Waals surface area (Å²) < 4.78 is 36.5. The van der Waals surface area contributed by atoms with E-state index in [4.69, 9.17) is 28.4 Å². The summed E-state index contributed by atoms with van der Waals surface area (Å²) in [6, 6.07) is 0. The Hall–Kier alpha value is -1.23. The Kier molecular flexibility index (Phi) is 13.7. The highest BCUT2D eigenvalue weighted by Gasteiger charge is 2.52. The largest absolute Gasteiger partial charge is 0.459 e. The number of rotatable bonds is 6. The number of aliphatic hydroxyl groups is 6. The number of hydrogen-bond donors (Lipinski definition) is 6. The summed E-state index contributed by atoms with van der Waals surface area (Å²) in [6.45, 7) is 16.5. The van der Waals surface area contributed by atoms with Crippen LogP contribution in [0.25, 0.3) is 0 Å². The van der Waals surface area contributed by atoms with Gasteiger partial charge in [-0.15, -0.1) is 0 Å². The van der Waals surface area contributed by atoms with Crippen molar-refractivity contribution < 1.29 is 63.9 Å². The Labute approximate surface area is 285 Å². The van der Waals surface area contributed by atoms with E-state index in [0.717, 1.165) is 0 Å². The minimum absolute atomic E-state index is 0.0375. The summed E-state index contributed by atoms with van der Waals surface area (Å²) >= 11 is 0. The third-order valence-electron chi connectivity index (χ3n) is 11.0.